The van der Waals surface area contributed by atoms with Crippen LogP contribution in [0.5, 0.6) is 0 Å². The predicted octanol–water partition coefficient (Wildman–Crippen LogP) is 2.86. The number of nitrogens with one attached hydrogen (secondary N) is 1. The third-order valence-electron chi connectivity index (χ3n) is 5.13. The van der Waals surface area contributed by atoms with E-state index in [1.54, 1.807) is 16.4 Å². The number of aromatic nitrogens is 2. The molecule has 6 nitrogen and oxygen atoms in total. The number of amides is 1. The van der Waals surface area contributed by atoms with E-state index in [-0.39, 0.29) is 23.5 Å². The summed E-state index contributed by atoms with van der Waals surface area (Å²) < 4.78 is 25.5. The van der Waals surface area contributed by atoms with Gasteiger partial charge in [0.05, 0.1) is 23.2 Å². The Labute approximate surface area is 157 Å². The van der Waals surface area contributed by atoms with Crippen molar-refractivity contribution in [3.63, 3.8) is 0 Å². The third-order valence-corrected chi connectivity index (χ3v) is 7.85. The number of nitrogens with zero attached hydrogens (tertiary/aromatic N) is 2. The molecule has 1 saturated heterocycles. The molecule has 1 aromatic carbocycles. The molecule has 138 valence electrons. The Kier molecular flexibility index (Phi) is 4.35. The minimum Gasteiger partial charge on any atom is -0.306 e. The van der Waals surface area contributed by atoms with E-state index in [9.17, 15) is 13.2 Å². The molecule has 1 amide bonds. The van der Waals surface area contributed by atoms with Gasteiger partial charge in [-0.2, -0.15) is 16.9 Å². The lowest BCUT2D eigenvalue weighted by Crippen LogP contribution is -2.20. The van der Waals surface area contributed by atoms with Gasteiger partial charge in [0.25, 0.3) is 5.91 Å². The molecule has 1 unspecified atom stereocenters. The van der Waals surface area contributed by atoms with Crippen molar-refractivity contribution >= 4 is 33.3 Å². The Morgan fingerprint density at radius 2 is 2.08 bits per heavy atom. The average Bonchev–Trinajstić information content (AvgIpc) is 3.25. The molecule has 0 aliphatic carbocycles. The molecule has 26 heavy (non-hydrogen) atoms. The van der Waals surface area contributed by atoms with E-state index in [1.807, 2.05) is 32.0 Å². The standard InChI is InChI=1S/C18H21N3O3S2/c1-11-3-4-13(7-12(11)2)18(22)19-17-15-8-25-9-16(15)20-21(17)14-5-6-26(23,24)10-14/h3-4,7,14H,5-6,8-10H2,1-2H3,(H,19,22). The highest BCUT2D eigenvalue weighted by molar-refractivity contribution is 7.98. The first-order valence-corrected chi connectivity index (χ1v) is 11.6. The van der Waals surface area contributed by atoms with Gasteiger partial charge in [-0.15, -0.1) is 0 Å². The van der Waals surface area contributed by atoms with Crippen LogP contribution in [0.2, 0.25) is 0 Å². The summed E-state index contributed by atoms with van der Waals surface area (Å²) >= 11 is 1.76. The van der Waals surface area contributed by atoms with Crippen molar-refractivity contribution in [2.75, 3.05) is 16.8 Å². The number of hydrogen-bond donors (Lipinski definition) is 1. The van der Waals surface area contributed by atoms with Gasteiger partial charge in [-0.3, -0.25) is 4.79 Å². The van der Waals surface area contributed by atoms with E-state index in [0.29, 0.717) is 17.8 Å². The quantitative estimate of drug-likeness (QED) is 0.870. The van der Waals surface area contributed by atoms with Gasteiger partial charge in [0.15, 0.2) is 9.84 Å². The minimum atomic E-state index is -3.02. The molecule has 2 aliphatic heterocycles. The van der Waals surface area contributed by atoms with Gasteiger partial charge in [0, 0.05) is 22.6 Å². The highest BCUT2D eigenvalue weighted by Gasteiger charge is 2.34. The Hall–Kier alpha value is -1.80. The zero-order valence-corrected chi connectivity index (χ0v) is 16.4. The van der Waals surface area contributed by atoms with E-state index >= 15 is 0 Å². The van der Waals surface area contributed by atoms with E-state index in [1.165, 1.54) is 0 Å². The summed E-state index contributed by atoms with van der Waals surface area (Å²) in [5.74, 6) is 2.34. The van der Waals surface area contributed by atoms with Crippen molar-refractivity contribution in [1.82, 2.24) is 9.78 Å². The van der Waals surface area contributed by atoms with E-state index in [2.05, 4.69) is 10.4 Å². The van der Waals surface area contributed by atoms with E-state index in [4.69, 9.17) is 0 Å². The third kappa shape index (κ3) is 3.16. The van der Waals surface area contributed by atoms with Gasteiger partial charge in [0.1, 0.15) is 5.82 Å². The molecule has 4 rings (SSSR count). The lowest BCUT2D eigenvalue weighted by Gasteiger charge is -2.15. The minimum absolute atomic E-state index is 0.0905. The molecule has 1 fully saturated rings. The first kappa shape index (κ1) is 17.6. The number of hydrogen-bond acceptors (Lipinski definition) is 5. The maximum Gasteiger partial charge on any atom is 0.256 e. The van der Waals surface area contributed by atoms with Crippen LogP contribution in [0.4, 0.5) is 5.82 Å². The molecule has 0 radical (unpaired) electrons. The largest absolute Gasteiger partial charge is 0.306 e. The molecule has 8 heteroatoms. The fourth-order valence-electron chi connectivity index (χ4n) is 3.46. The maximum atomic E-state index is 12.8. The van der Waals surface area contributed by atoms with Gasteiger partial charge < -0.3 is 5.32 Å². The van der Waals surface area contributed by atoms with Crippen LogP contribution in [0.25, 0.3) is 0 Å². The highest BCUT2D eigenvalue weighted by Crippen LogP contribution is 2.38. The zero-order valence-electron chi connectivity index (χ0n) is 14.8. The van der Waals surface area contributed by atoms with E-state index in [0.717, 1.165) is 33.9 Å². The monoisotopic (exact) mass is 391 g/mol. The normalized spacial score (nSPS) is 20.9. The Balaban J connectivity index is 1.67. The van der Waals surface area contributed by atoms with Crippen LogP contribution < -0.4 is 5.32 Å². The lowest BCUT2D eigenvalue weighted by molar-refractivity contribution is 0.102. The maximum absolute atomic E-state index is 12.8. The van der Waals surface area contributed by atoms with Crippen LogP contribution in [0.15, 0.2) is 18.2 Å². The lowest BCUT2D eigenvalue weighted by atomic mass is 10.1. The number of benzene rings is 1. The predicted molar refractivity (Wildman–Crippen MR) is 103 cm³/mol. The molecule has 2 aromatic rings. The molecule has 2 aliphatic rings. The van der Waals surface area contributed by atoms with Crippen molar-refractivity contribution < 1.29 is 13.2 Å². The summed E-state index contributed by atoms with van der Waals surface area (Å²) in [6.45, 7) is 3.99. The highest BCUT2D eigenvalue weighted by atomic mass is 32.2. The zero-order chi connectivity index (χ0) is 18.5. The van der Waals surface area contributed by atoms with Crippen molar-refractivity contribution in [2.45, 2.75) is 37.8 Å². The second-order valence-corrected chi connectivity index (χ2v) is 10.2. The summed E-state index contributed by atoms with van der Waals surface area (Å²) in [5.41, 5.74) is 4.78. The summed E-state index contributed by atoms with van der Waals surface area (Å²) in [7, 11) is -3.02. The topological polar surface area (TPSA) is 81.1 Å². The van der Waals surface area contributed by atoms with Gasteiger partial charge in [-0.05, 0) is 43.5 Å². The van der Waals surface area contributed by atoms with Crippen molar-refractivity contribution in [2.24, 2.45) is 0 Å². The van der Waals surface area contributed by atoms with Crippen LogP contribution >= 0.6 is 11.8 Å². The molecular weight excluding hydrogens is 370 g/mol. The van der Waals surface area contributed by atoms with Gasteiger partial charge in [-0.1, -0.05) is 6.07 Å². The molecule has 3 heterocycles. The molecule has 1 aromatic heterocycles. The first-order valence-electron chi connectivity index (χ1n) is 8.61. The number of carbonyl (C=O) groups is 1. The summed E-state index contributed by atoms with van der Waals surface area (Å²) in [4.78, 5) is 12.8. The Morgan fingerprint density at radius 3 is 2.77 bits per heavy atom. The molecule has 1 N–H and O–H groups in total. The Morgan fingerprint density at radius 1 is 1.27 bits per heavy atom. The van der Waals surface area contributed by atoms with E-state index < -0.39 is 9.84 Å². The second kappa shape index (κ2) is 6.42. The Bertz CT molecular complexity index is 995. The van der Waals surface area contributed by atoms with Crippen LogP contribution in [-0.2, 0) is 21.3 Å². The fraction of sp³-hybridized carbons (Fsp3) is 0.444. The number of carbonyl (C=O) groups excluding carboxylic acids is 1. The average molecular weight is 392 g/mol. The molecule has 0 spiro atoms. The summed E-state index contributed by atoms with van der Waals surface area (Å²) in [6, 6.07) is 5.42. The first-order chi connectivity index (χ1) is 12.3. The molecule has 1 atom stereocenters. The number of thioether (sulfide) groups is 1. The van der Waals surface area contributed by atoms with Crippen LogP contribution in [0, 0.1) is 13.8 Å². The van der Waals surface area contributed by atoms with Crippen LogP contribution in [0.1, 0.15) is 45.2 Å². The van der Waals surface area contributed by atoms with Gasteiger partial charge >= 0.3 is 0 Å². The molecule has 0 saturated carbocycles. The van der Waals surface area contributed by atoms with Crippen molar-refractivity contribution in [3.05, 3.63) is 46.1 Å². The van der Waals surface area contributed by atoms with Crippen molar-refractivity contribution in [3.8, 4) is 0 Å². The number of sulfone groups is 1. The van der Waals surface area contributed by atoms with Crippen LogP contribution in [-0.4, -0.2) is 35.6 Å². The second-order valence-electron chi connectivity index (χ2n) is 7.02. The van der Waals surface area contributed by atoms with Gasteiger partial charge in [0.2, 0.25) is 0 Å². The van der Waals surface area contributed by atoms with Gasteiger partial charge in [-0.25, -0.2) is 13.1 Å². The number of rotatable bonds is 3. The smallest absolute Gasteiger partial charge is 0.256 e. The number of aryl methyl sites for hydroxylation is 2. The van der Waals surface area contributed by atoms with Crippen molar-refractivity contribution in [1.29, 1.82) is 0 Å². The molecule has 0 bridgehead atoms. The molecular formula is C18H21N3O3S2. The fourth-order valence-corrected chi connectivity index (χ4v) is 6.19. The van der Waals surface area contributed by atoms with Crippen LogP contribution in [0.3, 0.4) is 0 Å². The summed E-state index contributed by atoms with van der Waals surface area (Å²) in [5, 5.41) is 7.64. The number of anilines is 1. The number of fused-ring (bicyclic) bond motifs is 1. The summed E-state index contributed by atoms with van der Waals surface area (Å²) in [6.07, 6.45) is 0.544. The SMILES string of the molecule is Cc1ccc(C(=O)Nc2c3c(nn2C2CCS(=O)(=O)C2)CSC3)cc1C.